The van der Waals surface area contributed by atoms with Gasteiger partial charge in [-0.3, -0.25) is 4.79 Å². The third-order valence-electron chi connectivity index (χ3n) is 14.8. The van der Waals surface area contributed by atoms with Crippen molar-refractivity contribution >= 4 is 5.91 Å². The van der Waals surface area contributed by atoms with Gasteiger partial charge in [-0.05, 0) is 44.9 Å². The third-order valence-corrected chi connectivity index (χ3v) is 14.8. The Kier molecular flexibility index (Phi) is 48.7. The van der Waals surface area contributed by atoms with Crippen molar-refractivity contribution in [3.63, 3.8) is 0 Å². The topological polar surface area (TPSA) is 149 Å². The zero-order valence-electron chi connectivity index (χ0n) is 46.0. The van der Waals surface area contributed by atoms with Crippen molar-refractivity contribution in [3.05, 3.63) is 24.3 Å². The standard InChI is InChI=1S/C61H117NO8/c1-3-5-7-9-11-13-15-17-19-20-21-22-23-24-25-26-27-28-29-30-31-32-33-34-35-36-37-39-41-43-45-47-49-51-57(65)62-54(53-69-61-60(68)59(67)58(66)56(52-63)70-61)55(64)50-48-46-44-42-40-38-18-16-14-12-10-8-6-4-2/h24-25,48,50,54-56,58-61,63-64,66-68H,3-23,26-47,49,51-53H2,1-2H3,(H,62,65)/b25-24-,50-48+. The number of unbranched alkanes of at least 4 members (excludes halogenated alkanes) is 41. The number of hydrogen-bond acceptors (Lipinski definition) is 8. The molecule has 0 radical (unpaired) electrons. The molecule has 0 saturated carbocycles. The number of aliphatic hydroxyl groups is 5. The van der Waals surface area contributed by atoms with Gasteiger partial charge in [-0.25, -0.2) is 0 Å². The van der Waals surface area contributed by atoms with Crippen LogP contribution >= 0.6 is 0 Å². The smallest absolute Gasteiger partial charge is 0.220 e. The largest absolute Gasteiger partial charge is 0.394 e. The van der Waals surface area contributed by atoms with E-state index < -0.39 is 49.5 Å². The van der Waals surface area contributed by atoms with Gasteiger partial charge in [-0.15, -0.1) is 0 Å². The van der Waals surface area contributed by atoms with E-state index in [1.165, 1.54) is 244 Å². The molecule has 0 aromatic rings. The lowest BCUT2D eigenvalue weighted by Gasteiger charge is -2.40. The number of carbonyl (C=O) groups is 1. The number of allylic oxidation sites excluding steroid dienone is 3. The highest BCUT2D eigenvalue weighted by Gasteiger charge is 2.44. The molecule has 414 valence electrons. The molecule has 1 rings (SSSR count). The van der Waals surface area contributed by atoms with Crippen molar-refractivity contribution in [2.45, 2.75) is 346 Å². The summed E-state index contributed by atoms with van der Waals surface area (Å²) in [6, 6.07) is -0.802. The summed E-state index contributed by atoms with van der Waals surface area (Å²) < 4.78 is 11.3. The lowest BCUT2D eigenvalue weighted by atomic mass is 9.99. The van der Waals surface area contributed by atoms with E-state index in [9.17, 15) is 30.3 Å². The van der Waals surface area contributed by atoms with E-state index in [4.69, 9.17) is 9.47 Å². The average Bonchev–Trinajstić information content (AvgIpc) is 3.36. The molecule has 0 aromatic heterocycles. The Morgan fingerprint density at radius 2 is 0.800 bits per heavy atom. The van der Waals surface area contributed by atoms with Gasteiger partial charge in [0, 0.05) is 6.42 Å². The van der Waals surface area contributed by atoms with Crippen LogP contribution in [0.3, 0.4) is 0 Å². The van der Waals surface area contributed by atoms with Crippen LogP contribution in [-0.2, 0) is 14.3 Å². The first-order valence-electron chi connectivity index (χ1n) is 30.6. The van der Waals surface area contributed by atoms with Gasteiger partial charge in [-0.2, -0.15) is 0 Å². The number of rotatable bonds is 53. The first kappa shape index (κ1) is 66.7. The van der Waals surface area contributed by atoms with Crippen molar-refractivity contribution in [3.8, 4) is 0 Å². The van der Waals surface area contributed by atoms with Crippen molar-refractivity contribution < 1.29 is 39.8 Å². The molecule has 7 atom stereocenters. The van der Waals surface area contributed by atoms with Gasteiger partial charge in [0.1, 0.15) is 24.4 Å². The SMILES string of the molecule is CCCCCCCCCCCCCC/C=C\CCCCCCCCCCCCCCCCCCCC(=O)NC(COC1OC(CO)C(O)C(O)C1O)C(O)/C=C/CCCCCCCCCCCCCC. The summed E-state index contributed by atoms with van der Waals surface area (Å²) in [7, 11) is 0. The van der Waals surface area contributed by atoms with E-state index in [0.717, 1.165) is 38.5 Å². The summed E-state index contributed by atoms with van der Waals surface area (Å²) >= 11 is 0. The molecule has 6 N–H and O–H groups in total. The minimum Gasteiger partial charge on any atom is -0.394 e. The molecule has 9 heteroatoms. The van der Waals surface area contributed by atoms with Crippen LogP contribution in [0.4, 0.5) is 0 Å². The van der Waals surface area contributed by atoms with Gasteiger partial charge in [0.05, 0.1) is 25.4 Å². The molecular formula is C61H117NO8. The molecule has 1 aliphatic heterocycles. The number of ether oxygens (including phenoxy) is 2. The molecule has 0 spiro atoms. The quantitative estimate of drug-likeness (QED) is 0.0261. The maximum atomic E-state index is 13.0. The Hall–Kier alpha value is -1.33. The summed E-state index contributed by atoms with van der Waals surface area (Å²) in [5, 5.41) is 54.5. The van der Waals surface area contributed by atoms with Crippen LogP contribution in [-0.4, -0.2) is 87.5 Å². The minimum atomic E-state index is -1.56. The fourth-order valence-electron chi connectivity index (χ4n) is 9.92. The molecule has 0 bridgehead atoms. The second-order valence-electron chi connectivity index (χ2n) is 21.5. The predicted molar refractivity (Wildman–Crippen MR) is 295 cm³/mol. The van der Waals surface area contributed by atoms with Crippen LogP contribution in [0.5, 0.6) is 0 Å². The monoisotopic (exact) mass is 992 g/mol. The Bertz CT molecular complexity index is 1150. The second-order valence-corrected chi connectivity index (χ2v) is 21.5. The van der Waals surface area contributed by atoms with Crippen LogP contribution in [0.25, 0.3) is 0 Å². The number of amides is 1. The number of aliphatic hydroxyl groups excluding tert-OH is 5. The van der Waals surface area contributed by atoms with Gasteiger partial charge in [0.25, 0.3) is 0 Å². The molecule has 1 fully saturated rings. The first-order chi connectivity index (χ1) is 34.3. The fraction of sp³-hybridized carbons (Fsp3) is 0.918. The van der Waals surface area contributed by atoms with E-state index >= 15 is 0 Å². The predicted octanol–water partition coefficient (Wildman–Crippen LogP) is 15.4. The van der Waals surface area contributed by atoms with Gasteiger partial charge in [-0.1, -0.05) is 276 Å². The van der Waals surface area contributed by atoms with Crippen molar-refractivity contribution in [2.75, 3.05) is 13.2 Å². The Balaban J connectivity index is 2.10. The van der Waals surface area contributed by atoms with E-state index in [0.29, 0.717) is 6.42 Å². The van der Waals surface area contributed by atoms with Gasteiger partial charge in [0.15, 0.2) is 6.29 Å². The Morgan fingerprint density at radius 1 is 0.471 bits per heavy atom. The molecule has 1 saturated heterocycles. The Labute approximate surface area is 432 Å². The molecular weight excluding hydrogens is 875 g/mol. The van der Waals surface area contributed by atoms with E-state index in [1.807, 2.05) is 6.08 Å². The number of nitrogens with one attached hydrogen (secondary N) is 1. The zero-order valence-corrected chi connectivity index (χ0v) is 46.0. The molecule has 0 aromatic carbocycles. The Morgan fingerprint density at radius 3 is 1.16 bits per heavy atom. The maximum Gasteiger partial charge on any atom is 0.220 e. The number of carbonyl (C=O) groups excluding carboxylic acids is 1. The van der Waals surface area contributed by atoms with Crippen LogP contribution < -0.4 is 5.32 Å². The summed E-state index contributed by atoms with van der Waals surface area (Å²) in [5.41, 5.74) is 0. The number of hydrogen-bond donors (Lipinski definition) is 6. The fourth-order valence-corrected chi connectivity index (χ4v) is 9.92. The van der Waals surface area contributed by atoms with Crippen molar-refractivity contribution in [1.29, 1.82) is 0 Å². The average molecular weight is 993 g/mol. The summed E-state index contributed by atoms with van der Waals surface area (Å²) in [6.45, 7) is 3.81. The van der Waals surface area contributed by atoms with Gasteiger partial charge in [0.2, 0.25) is 5.91 Å². The lowest BCUT2D eigenvalue weighted by molar-refractivity contribution is -0.302. The highest BCUT2D eigenvalue weighted by molar-refractivity contribution is 5.76. The zero-order chi connectivity index (χ0) is 50.8. The van der Waals surface area contributed by atoms with E-state index in [1.54, 1.807) is 6.08 Å². The minimum absolute atomic E-state index is 0.172. The van der Waals surface area contributed by atoms with Crippen LogP contribution in [0.2, 0.25) is 0 Å². The summed E-state index contributed by atoms with van der Waals surface area (Å²) in [5.74, 6) is -0.172. The molecule has 1 heterocycles. The van der Waals surface area contributed by atoms with Crippen molar-refractivity contribution in [1.82, 2.24) is 5.32 Å². The van der Waals surface area contributed by atoms with Crippen LogP contribution in [0.15, 0.2) is 24.3 Å². The molecule has 1 amide bonds. The van der Waals surface area contributed by atoms with Crippen LogP contribution in [0.1, 0.15) is 303 Å². The van der Waals surface area contributed by atoms with E-state index in [-0.39, 0.29) is 12.5 Å². The van der Waals surface area contributed by atoms with Gasteiger partial charge >= 0.3 is 0 Å². The van der Waals surface area contributed by atoms with E-state index in [2.05, 4.69) is 31.3 Å². The molecule has 9 nitrogen and oxygen atoms in total. The van der Waals surface area contributed by atoms with Gasteiger partial charge < -0.3 is 40.3 Å². The normalized spacial score (nSPS) is 19.4. The molecule has 0 aliphatic carbocycles. The summed E-state index contributed by atoms with van der Waals surface area (Å²) in [4.78, 5) is 13.0. The highest BCUT2D eigenvalue weighted by atomic mass is 16.7. The van der Waals surface area contributed by atoms with Crippen LogP contribution in [0, 0.1) is 0 Å². The van der Waals surface area contributed by atoms with Crippen molar-refractivity contribution in [2.24, 2.45) is 0 Å². The maximum absolute atomic E-state index is 13.0. The lowest BCUT2D eigenvalue weighted by Crippen LogP contribution is -2.60. The summed E-state index contributed by atoms with van der Waals surface area (Å²) in [6.07, 6.45) is 58.4. The third kappa shape index (κ3) is 40.1. The molecule has 70 heavy (non-hydrogen) atoms. The molecule has 1 aliphatic rings. The highest BCUT2D eigenvalue weighted by Crippen LogP contribution is 2.23. The molecule has 7 unspecified atom stereocenters. The second kappa shape index (κ2) is 51.2. The first-order valence-corrected chi connectivity index (χ1v) is 30.6.